The summed E-state index contributed by atoms with van der Waals surface area (Å²) in [6.07, 6.45) is 6.94. The van der Waals surface area contributed by atoms with E-state index in [1.165, 1.54) is 4.57 Å². The number of imidazole rings is 1. The molecule has 0 spiro atoms. The van der Waals surface area contributed by atoms with Crippen molar-refractivity contribution < 1.29 is 4.79 Å². The molecule has 2 aromatic heterocycles. The fourth-order valence-corrected chi connectivity index (χ4v) is 1.86. The third-order valence-corrected chi connectivity index (χ3v) is 2.90. The molecule has 2 rings (SSSR count). The van der Waals surface area contributed by atoms with Crippen LogP contribution in [0, 0.1) is 0 Å². The van der Waals surface area contributed by atoms with E-state index < -0.39 is 0 Å². The molecule has 5 nitrogen and oxygen atoms in total. The van der Waals surface area contributed by atoms with Crippen molar-refractivity contribution in [2.75, 3.05) is 0 Å². The van der Waals surface area contributed by atoms with Crippen LogP contribution < -0.4 is 5.69 Å². The molecule has 0 amide bonds. The maximum atomic E-state index is 12.0. The van der Waals surface area contributed by atoms with Gasteiger partial charge in [-0.15, -0.1) is 0 Å². The number of hydrogen-bond donors (Lipinski definition) is 0. The third-order valence-electron chi connectivity index (χ3n) is 2.90. The molecule has 0 aliphatic carbocycles. The number of carbonyl (C=O) groups is 1. The van der Waals surface area contributed by atoms with Crippen LogP contribution in [0.2, 0.25) is 0 Å². The number of aromatic nitrogens is 3. The van der Waals surface area contributed by atoms with Crippen molar-refractivity contribution in [1.82, 2.24) is 13.7 Å². The van der Waals surface area contributed by atoms with Gasteiger partial charge in [-0.1, -0.05) is 0 Å². The molecule has 0 aliphatic rings. The quantitative estimate of drug-likeness (QED) is 0.768. The van der Waals surface area contributed by atoms with Gasteiger partial charge < -0.3 is 4.57 Å². The summed E-state index contributed by atoms with van der Waals surface area (Å²) in [4.78, 5) is 23.9. The fraction of sp³-hybridized carbons (Fsp3) is 0.385. The predicted molar refractivity (Wildman–Crippen MR) is 68.8 cm³/mol. The molecule has 18 heavy (non-hydrogen) atoms. The topological polar surface area (TPSA) is 48.9 Å². The third kappa shape index (κ3) is 2.30. The van der Waals surface area contributed by atoms with Gasteiger partial charge in [0.25, 0.3) is 0 Å². The molecule has 96 valence electrons. The fourth-order valence-electron chi connectivity index (χ4n) is 1.86. The minimum atomic E-state index is -0.144. The van der Waals surface area contributed by atoms with Crippen LogP contribution >= 0.6 is 0 Å². The highest BCUT2D eigenvalue weighted by Crippen LogP contribution is 2.04. The standard InChI is InChI=1S/C13H17N3O2/c1-10(2)16-7-6-15(13(16)18)9-12(17)11-4-5-14(3)8-11/h4-8,10H,9H2,1-3H3. The number of ketones is 1. The SMILES string of the molecule is CC(C)n1ccn(CC(=O)c2ccn(C)c2)c1=O. The number of hydrogen-bond acceptors (Lipinski definition) is 2. The molecule has 2 heterocycles. The highest BCUT2D eigenvalue weighted by Gasteiger charge is 2.11. The summed E-state index contributed by atoms with van der Waals surface area (Å²) in [6.45, 7) is 3.96. The number of Topliss-reactive ketones (excluding diaryl/α,β-unsaturated/α-hetero) is 1. The largest absolute Gasteiger partial charge is 0.357 e. The summed E-state index contributed by atoms with van der Waals surface area (Å²) >= 11 is 0. The zero-order valence-corrected chi connectivity index (χ0v) is 10.8. The zero-order chi connectivity index (χ0) is 13.3. The molecule has 0 aromatic carbocycles. The Morgan fingerprint density at radius 3 is 2.50 bits per heavy atom. The minimum Gasteiger partial charge on any atom is -0.357 e. The van der Waals surface area contributed by atoms with Gasteiger partial charge in [-0.2, -0.15) is 0 Å². The number of nitrogens with zero attached hydrogens (tertiary/aromatic N) is 3. The van der Waals surface area contributed by atoms with Gasteiger partial charge in [0, 0.05) is 43.4 Å². The number of carbonyl (C=O) groups excluding carboxylic acids is 1. The summed E-state index contributed by atoms with van der Waals surface area (Å²) in [6, 6.07) is 1.86. The summed E-state index contributed by atoms with van der Waals surface area (Å²) < 4.78 is 4.86. The van der Waals surface area contributed by atoms with Gasteiger partial charge in [-0.25, -0.2) is 4.79 Å². The van der Waals surface area contributed by atoms with Crippen LogP contribution in [0.5, 0.6) is 0 Å². The van der Waals surface area contributed by atoms with Crippen molar-refractivity contribution in [3.05, 3.63) is 46.9 Å². The Bertz CT molecular complexity index is 616. The summed E-state index contributed by atoms with van der Waals surface area (Å²) in [5, 5.41) is 0. The van der Waals surface area contributed by atoms with Gasteiger partial charge in [0.15, 0.2) is 5.78 Å². The van der Waals surface area contributed by atoms with Gasteiger partial charge in [0.1, 0.15) is 0 Å². The lowest BCUT2D eigenvalue weighted by molar-refractivity contribution is 0.0970. The normalized spacial score (nSPS) is 11.1. The van der Waals surface area contributed by atoms with Crippen molar-refractivity contribution in [2.24, 2.45) is 7.05 Å². The number of rotatable bonds is 4. The average molecular weight is 247 g/mol. The molecule has 2 aromatic rings. The zero-order valence-electron chi connectivity index (χ0n) is 10.8. The first-order valence-electron chi connectivity index (χ1n) is 5.91. The Labute approximate surface area is 105 Å². The van der Waals surface area contributed by atoms with Crippen LogP contribution in [0.3, 0.4) is 0 Å². The Balaban J connectivity index is 2.20. The summed E-state index contributed by atoms with van der Waals surface area (Å²) in [5.41, 5.74) is 0.482. The highest BCUT2D eigenvalue weighted by atomic mass is 16.2. The van der Waals surface area contributed by atoms with Crippen LogP contribution in [0.1, 0.15) is 30.2 Å². The molecular weight excluding hydrogens is 230 g/mol. The van der Waals surface area contributed by atoms with E-state index in [-0.39, 0.29) is 24.1 Å². The first kappa shape index (κ1) is 12.4. The molecule has 0 unspecified atom stereocenters. The van der Waals surface area contributed by atoms with Gasteiger partial charge in [0.05, 0.1) is 6.54 Å². The first-order chi connectivity index (χ1) is 8.49. The van der Waals surface area contributed by atoms with E-state index in [0.29, 0.717) is 5.56 Å². The van der Waals surface area contributed by atoms with Crippen LogP contribution in [-0.2, 0) is 13.6 Å². The van der Waals surface area contributed by atoms with E-state index in [2.05, 4.69) is 0 Å². The van der Waals surface area contributed by atoms with Gasteiger partial charge in [0.2, 0.25) is 0 Å². The van der Waals surface area contributed by atoms with E-state index in [1.54, 1.807) is 29.2 Å². The minimum absolute atomic E-state index is 0.0563. The van der Waals surface area contributed by atoms with Crippen molar-refractivity contribution in [2.45, 2.75) is 26.4 Å². The second kappa shape index (κ2) is 4.68. The Morgan fingerprint density at radius 2 is 2.00 bits per heavy atom. The maximum Gasteiger partial charge on any atom is 0.328 e. The van der Waals surface area contributed by atoms with Gasteiger partial charge in [-0.3, -0.25) is 13.9 Å². The van der Waals surface area contributed by atoms with Crippen molar-refractivity contribution >= 4 is 5.78 Å². The average Bonchev–Trinajstić information content (AvgIpc) is 2.86. The van der Waals surface area contributed by atoms with Crippen molar-refractivity contribution in [3.8, 4) is 0 Å². The van der Waals surface area contributed by atoms with E-state index in [4.69, 9.17) is 0 Å². The van der Waals surface area contributed by atoms with Gasteiger partial charge >= 0.3 is 5.69 Å². The lowest BCUT2D eigenvalue weighted by Crippen LogP contribution is -2.27. The van der Waals surface area contributed by atoms with Crippen LogP contribution in [0.25, 0.3) is 0 Å². The molecule has 5 heteroatoms. The molecular formula is C13H17N3O2. The Morgan fingerprint density at radius 1 is 1.28 bits per heavy atom. The smallest absolute Gasteiger partial charge is 0.328 e. The summed E-state index contributed by atoms with van der Waals surface area (Å²) in [5.74, 6) is -0.0563. The Kier molecular flexibility index (Phi) is 3.23. The van der Waals surface area contributed by atoms with Crippen LogP contribution in [0.15, 0.2) is 35.6 Å². The molecule has 0 atom stereocenters. The monoisotopic (exact) mass is 247 g/mol. The lowest BCUT2D eigenvalue weighted by Gasteiger charge is -2.04. The van der Waals surface area contributed by atoms with Gasteiger partial charge in [-0.05, 0) is 19.9 Å². The molecule has 0 saturated carbocycles. The van der Waals surface area contributed by atoms with E-state index in [0.717, 1.165) is 0 Å². The van der Waals surface area contributed by atoms with Crippen LogP contribution in [0.4, 0.5) is 0 Å². The first-order valence-corrected chi connectivity index (χ1v) is 5.91. The maximum absolute atomic E-state index is 12.0. The molecule has 0 saturated heterocycles. The Hall–Kier alpha value is -2.04. The number of aryl methyl sites for hydroxylation is 1. The van der Waals surface area contributed by atoms with E-state index in [9.17, 15) is 9.59 Å². The molecule has 0 bridgehead atoms. The predicted octanol–water partition coefficient (Wildman–Crippen LogP) is 1.45. The summed E-state index contributed by atoms with van der Waals surface area (Å²) in [7, 11) is 1.86. The van der Waals surface area contributed by atoms with Crippen molar-refractivity contribution in [1.29, 1.82) is 0 Å². The van der Waals surface area contributed by atoms with E-state index >= 15 is 0 Å². The molecule has 0 aliphatic heterocycles. The second-order valence-corrected chi connectivity index (χ2v) is 4.70. The molecule has 0 fully saturated rings. The van der Waals surface area contributed by atoms with E-state index in [1.807, 2.05) is 31.7 Å². The highest BCUT2D eigenvalue weighted by molar-refractivity contribution is 5.95. The molecule has 0 radical (unpaired) electrons. The van der Waals surface area contributed by atoms with Crippen LogP contribution in [-0.4, -0.2) is 19.5 Å². The van der Waals surface area contributed by atoms with Crippen molar-refractivity contribution in [3.63, 3.8) is 0 Å². The lowest BCUT2D eigenvalue weighted by atomic mass is 10.2. The molecule has 0 N–H and O–H groups in total. The second-order valence-electron chi connectivity index (χ2n) is 4.70.